The number of aliphatic hydroxyl groups excluding tert-OH is 1. The topological polar surface area (TPSA) is 96.4 Å². The number of hydrogen-bond acceptors (Lipinski definition) is 6. The Morgan fingerprint density at radius 1 is 1.37 bits per heavy atom. The van der Waals surface area contributed by atoms with Crippen LogP contribution in [-0.2, 0) is 23.9 Å². The highest BCUT2D eigenvalue weighted by Gasteiger charge is 2.75. The van der Waals surface area contributed by atoms with Crippen LogP contribution in [0.25, 0.3) is 0 Å². The number of anilines is 1. The molecule has 1 aromatic carbocycles. The van der Waals surface area contributed by atoms with E-state index in [1.54, 1.807) is 12.1 Å². The van der Waals surface area contributed by atoms with E-state index in [1.807, 2.05) is 32.9 Å². The molecule has 0 radical (unpaired) electrons. The Hall–Kier alpha value is -2.68. The Balaban J connectivity index is 1.86. The summed E-state index contributed by atoms with van der Waals surface area (Å²) in [5, 5.41) is 10.9. The van der Waals surface area contributed by atoms with Crippen LogP contribution >= 0.6 is 11.6 Å². The second-order valence-electron chi connectivity index (χ2n) is 10.5. The van der Waals surface area contributed by atoms with Crippen molar-refractivity contribution in [3.63, 3.8) is 0 Å². The van der Waals surface area contributed by atoms with Crippen LogP contribution in [0.5, 0.6) is 0 Å². The predicted octanol–water partition coefficient (Wildman–Crippen LogP) is 3.68. The third kappa shape index (κ3) is 4.36. The fraction of sp³-hybridized carbons (Fsp3) is 0.552. The lowest BCUT2D eigenvalue weighted by Gasteiger charge is -2.41. The lowest BCUT2D eigenvalue weighted by molar-refractivity contribution is -0.155. The summed E-state index contributed by atoms with van der Waals surface area (Å²) >= 11 is 6.59. The molecule has 8 nitrogen and oxygen atoms in total. The first-order valence-electron chi connectivity index (χ1n) is 13.2. The molecule has 38 heavy (non-hydrogen) atoms. The van der Waals surface area contributed by atoms with Crippen LogP contribution in [0, 0.1) is 24.7 Å². The Morgan fingerprint density at radius 3 is 2.71 bits per heavy atom. The first kappa shape index (κ1) is 28.3. The molecule has 3 heterocycles. The molecule has 3 fully saturated rings. The quantitative estimate of drug-likeness (QED) is 0.337. The van der Waals surface area contributed by atoms with E-state index in [0.717, 1.165) is 5.56 Å². The van der Waals surface area contributed by atoms with E-state index in [9.17, 15) is 19.5 Å². The molecule has 1 spiro atoms. The Kier molecular flexibility index (Phi) is 8.35. The van der Waals surface area contributed by atoms with Gasteiger partial charge in [0.15, 0.2) is 0 Å². The zero-order valence-electron chi connectivity index (χ0n) is 22.3. The van der Waals surface area contributed by atoms with Crippen LogP contribution in [0.2, 0.25) is 5.02 Å². The normalized spacial score (nSPS) is 29.1. The average molecular weight is 545 g/mol. The average Bonchev–Trinajstić information content (AvgIpc) is 3.54. The fourth-order valence-electron chi connectivity index (χ4n) is 6.58. The number of halogens is 1. The van der Waals surface area contributed by atoms with Gasteiger partial charge < -0.3 is 24.4 Å². The number of carbonyl (C=O) groups excluding carboxylic acids is 3. The second-order valence-corrected chi connectivity index (χ2v) is 10.9. The smallest absolute Gasteiger partial charge is 0.312 e. The van der Waals surface area contributed by atoms with E-state index in [4.69, 9.17) is 21.1 Å². The fourth-order valence-corrected chi connectivity index (χ4v) is 6.90. The van der Waals surface area contributed by atoms with Gasteiger partial charge in [-0.05, 0) is 37.3 Å². The number of rotatable bonds is 11. The molecule has 4 rings (SSSR count). The zero-order valence-corrected chi connectivity index (χ0v) is 23.0. The van der Waals surface area contributed by atoms with Crippen LogP contribution < -0.4 is 4.90 Å². The maximum Gasteiger partial charge on any atom is 0.312 e. The van der Waals surface area contributed by atoms with Crippen LogP contribution in [0.15, 0.2) is 43.5 Å². The van der Waals surface area contributed by atoms with Crippen molar-refractivity contribution < 1.29 is 29.0 Å². The second kappa shape index (κ2) is 11.2. The highest BCUT2D eigenvalue weighted by molar-refractivity contribution is 6.34. The number of fused-ring (bicyclic) bond motifs is 1. The van der Waals surface area contributed by atoms with Gasteiger partial charge in [0.1, 0.15) is 18.2 Å². The van der Waals surface area contributed by atoms with Gasteiger partial charge in [-0.3, -0.25) is 14.4 Å². The maximum absolute atomic E-state index is 14.6. The molecule has 1 N–H and O–H groups in total. The number of esters is 1. The van der Waals surface area contributed by atoms with E-state index in [0.29, 0.717) is 30.0 Å². The Labute approximate surface area is 229 Å². The van der Waals surface area contributed by atoms with Crippen molar-refractivity contribution in [1.82, 2.24) is 4.90 Å². The molecule has 0 saturated carbocycles. The monoisotopic (exact) mass is 544 g/mol. The highest BCUT2D eigenvalue weighted by atomic mass is 35.5. The van der Waals surface area contributed by atoms with Crippen molar-refractivity contribution in [3.05, 3.63) is 54.1 Å². The molecule has 2 amide bonds. The number of likely N-dealkylation sites (tertiary alicyclic amines) is 1. The molecule has 7 atom stereocenters. The summed E-state index contributed by atoms with van der Waals surface area (Å²) in [6.07, 6.45) is 4.20. The Morgan fingerprint density at radius 2 is 2.11 bits per heavy atom. The third-order valence-electron chi connectivity index (χ3n) is 8.47. The first-order valence-corrected chi connectivity index (χ1v) is 13.6. The molecule has 3 saturated heterocycles. The van der Waals surface area contributed by atoms with E-state index in [1.165, 1.54) is 15.9 Å². The zero-order chi connectivity index (χ0) is 27.8. The summed E-state index contributed by atoms with van der Waals surface area (Å²) in [6.45, 7) is 13.1. The number of hydrogen-bond donors (Lipinski definition) is 1. The number of para-hydroxylation sites is 1. The van der Waals surface area contributed by atoms with Gasteiger partial charge in [0.05, 0.1) is 41.3 Å². The van der Waals surface area contributed by atoms with E-state index in [-0.39, 0.29) is 37.5 Å². The van der Waals surface area contributed by atoms with Crippen molar-refractivity contribution in [1.29, 1.82) is 0 Å². The van der Waals surface area contributed by atoms with Gasteiger partial charge in [-0.1, -0.05) is 62.7 Å². The lowest BCUT2D eigenvalue weighted by atomic mass is 9.70. The van der Waals surface area contributed by atoms with Crippen LogP contribution in [-0.4, -0.2) is 71.3 Å². The third-order valence-corrected chi connectivity index (χ3v) is 8.77. The predicted molar refractivity (Wildman–Crippen MR) is 145 cm³/mol. The van der Waals surface area contributed by atoms with Crippen molar-refractivity contribution in [2.24, 2.45) is 17.8 Å². The first-order chi connectivity index (χ1) is 18.2. The molecule has 3 aliphatic rings. The minimum atomic E-state index is -1.22. The number of aryl methyl sites for hydroxylation is 1. The molecule has 2 unspecified atom stereocenters. The number of carbonyl (C=O) groups is 3. The number of amides is 2. The molecular formula is C29H37ClN2O6. The number of nitrogens with zero attached hydrogens (tertiary/aromatic N) is 2. The van der Waals surface area contributed by atoms with Gasteiger partial charge in [-0.2, -0.15) is 0 Å². The minimum Gasteiger partial charge on any atom is -0.461 e. The molecule has 0 aromatic heterocycles. The Bertz CT molecular complexity index is 1100. The molecule has 1 aromatic rings. The van der Waals surface area contributed by atoms with Crippen molar-refractivity contribution in [2.75, 3.05) is 24.7 Å². The van der Waals surface area contributed by atoms with Gasteiger partial charge in [-0.15, -0.1) is 6.58 Å². The molecule has 2 bridgehead atoms. The van der Waals surface area contributed by atoms with E-state index in [2.05, 4.69) is 13.2 Å². The summed E-state index contributed by atoms with van der Waals surface area (Å²) in [6, 6.07) is 3.70. The van der Waals surface area contributed by atoms with E-state index < -0.39 is 41.6 Å². The molecule has 9 heteroatoms. The lowest BCUT2D eigenvalue weighted by Crippen LogP contribution is -2.60. The molecular weight excluding hydrogens is 508 g/mol. The van der Waals surface area contributed by atoms with Crippen molar-refractivity contribution >= 4 is 35.1 Å². The van der Waals surface area contributed by atoms with E-state index >= 15 is 0 Å². The molecule has 206 valence electrons. The van der Waals surface area contributed by atoms with Crippen LogP contribution in [0.4, 0.5) is 5.69 Å². The SMILES string of the molecule is C=CCOC(=O)[C@@H]1[C@H]2C(=O)N([C@@H](CO)[C@@H](C)CC)C(C(=O)N(CC=C)c3c(C)cccc3Cl)C23CC[C@H]1O3. The minimum absolute atomic E-state index is 0.0209. The number of ether oxygens (including phenoxy) is 2. The van der Waals surface area contributed by atoms with Crippen LogP contribution in [0.3, 0.4) is 0 Å². The van der Waals surface area contributed by atoms with Gasteiger partial charge in [0.25, 0.3) is 5.91 Å². The largest absolute Gasteiger partial charge is 0.461 e. The van der Waals surface area contributed by atoms with Crippen molar-refractivity contribution in [2.45, 2.75) is 63.8 Å². The standard InChI is InChI=1S/C29H37ClN2O6/c1-6-14-31(24-18(5)10-9-11-19(24)30)27(35)25-29-13-12-21(38-29)22(28(36)37-15-7-2)23(29)26(34)32(25)20(16-33)17(4)8-3/h6-7,9-11,17,20-23,25,33H,1-2,8,12-16H2,3-5H3/t17-,20-,21+,22-,23-,25?,29?/m0/s1. The summed E-state index contributed by atoms with van der Waals surface area (Å²) in [7, 11) is 0. The summed E-state index contributed by atoms with van der Waals surface area (Å²) in [5.74, 6) is -3.09. The van der Waals surface area contributed by atoms with Gasteiger partial charge in [0, 0.05) is 6.54 Å². The summed E-state index contributed by atoms with van der Waals surface area (Å²) in [4.78, 5) is 45.1. The number of benzene rings is 1. The number of aliphatic hydroxyl groups is 1. The van der Waals surface area contributed by atoms with Crippen LogP contribution in [0.1, 0.15) is 38.7 Å². The molecule has 3 aliphatic heterocycles. The summed E-state index contributed by atoms with van der Waals surface area (Å²) < 4.78 is 11.9. The van der Waals surface area contributed by atoms with Crippen molar-refractivity contribution in [3.8, 4) is 0 Å². The van der Waals surface area contributed by atoms with Gasteiger partial charge >= 0.3 is 5.97 Å². The maximum atomic E-state index is 14.6. The van der Waals surface area contributed by atoms with Gasteiger partial charge in [-0.25, -0.2) is 0 Å². The summed E-state index contributed by atoms with van der Waals surface area (Å²) in [5.41, 5.74) is 0.109. The molecule has 0 aliphatic carbocycles. The van der Waals surface area contributed by atoms with Gasteiger partial charge in [0.2, 0.25) is 5.91 Å². The highest BCUT2D eigenvalue weighted by Crippen LogP contribution is 2.59.